The standard InChI is InChI=1S/C5H7N.BH3O3/c1-2-4-6-5-3-1;2-1(3)4/h1-4,6H,5H2;2-4H. The molecule has 0 amide bonds. The molecule has 0 saturated carbocycles. The lowest BCUT2D eigenvalue weighted by atomic mass is 10.3. The van der Waals surface area contributed by atoms with Gasteiger partial charge in [0.2, 0.25) is 0 Å². The van der Waals surface area contributed by atoms with Gasteiger partial charge in [-0.3, -0.25) is 0 Å². The van der Waals surface area contributed by atoms with Gasteiger partial charge in [0, 0.05) is 6.54 Å². The first-order chi connectivity index (χ1) is 4.73. The van der Waals surface area contributed by atoms with E-state index in [2.05, 4.69) is 11.4 Å². The summed E-state index contributed by atoms with van der Waals surface area (Å²) >= 11 is 0. The number of hydrogen-bond acceptors (Lipinski definition) is 4. The lowest BCUT2D eigenvalue weighted by Crippen LogP contribution is -2.07. The van der Waals surface area contributed by atoms with Gasteiger partial charge in [-0.25, -0.2) is 0 Å². The van der Waals surface area contributed by atoms with Crippen LogP contribution in [0.25, 0.3) is 0 Å². The first-order valence-corrected chi connectivity index (χ1v) is 2.83. The van der Waals surface area contributed by atoms with Gasteiger partial charge in [0.25, 0.3) is 0 Å². The molecule has 1 aliphatic heterocycles. The summed E-state index contributed by atoms with van der Waals surface area (Å²) in [7, 11) is -2.17. The highest BCUT2D eigenvalue weighted by atomic mass is 16.5. The minimum absolute atomic E-state index is 0.983. The van der Waals surface area contributed by atoms with E-state index in [-0.39, 0.29) is 0 Å². The van der Waals surface area contributed by atoms with Crippen molar-refractivity contribution >= 4 is 7.32 Å². The molecule has 0 radical (unpaired) electrons. The molecule has 1 rings (SSSR count). The Morgan fingerprint density at radius 3 is 1.90 bits per heavy atom. The van der Waals surface area contributed by atoms with Crippen LogP contribution in [-0.4, -0.2) is 28.9 Å². The summed E-state index contributed by atoms with van der Waals surface area (Å²) in [6.07, 6.45) is 8.00. The molecule has 0 unspecified atom stereocenters. The van der Waals surface area contributed by atoms with Crippen molar-refractivity contribution in [3.8, 4) is 0 Å². The van der Waals surface area contributed by atoms with Gasteiger partial charge in [-0.1, -0.05) is 12.2 Å². The van der Waals surface area contributed by atoms with E-state index in [0.29, 0.717) is 0 Å². The summed E-state index contributed by atoms with van der Waals surface area (Å²) in [5.41, 5.74) is 0. The molecule has 1 heterocycles. The third-order valence-electron chi connectivity index (χ3n) is 0.697. The molecular weight excluding hydrogens is 133 g/mol. The Morgan fingerprint density at radius 2 is 1.80 bits per heavy atom. The molecule has 10 heavy (non-hydrogen) atoms. The van der Waals surface area contributed by atoms with Crippen LogP contribution in [0.1, 0.15) is 0 Å². The molecule has 1 aliphatic rings. The van der Waals surface area contributed by atoms with Gasteiger partial charge >= 0.3 is 7.32 Å². The van der Waals surface area contributed by atoms with Crippen molar-refractivity contribution in [1.82, 2.24) is 5.32 Å². The van der Waals surface area contributed by atoms with Gasteiger partial charge in [-0.2, -0.15) is 0 Å². The highest BCUT2D eigenvalue weighted by Gasteiger charge is 1.92. The Balaban J connectivity index is 0.000000180. The highest BCUT2D eigenvalue weighted by molar-refractivity contribution is 6.30. The van der Waals surface area contributed by atoms with E-state index < -0.39 is 7.32 Å². The molecule has 0 bridgehead atoms. The Kier molecular flexibility index (Phi) is 5.85. The maximum absolute atomic E-state index is 7.17. The monoisotopic (exact) mass is 143 g/mol. The number of nitrogens with one attached hydrogen (secondary N) is 1. The Bertz CT molecular complexity index is 109. The van der Waals surface area contributed by atoms with E-state index in [1.807, 2.05) is 18.4 Å². The summed E-state index contributed by atoms with van der Waals surface area (Å²) in [4.78, 5) is 0. The SMILES string of the molecule is C1=CCNC=C1.OB(O)O. The van der Waals surface area contributed by atoms with Gasteiger partial charge in [0.05, 0.1) is 0 Å². The zero-order valence-corrected chi connectivity index (χ0v) is 5.44. The van der Waals surface area contributed by atoms with Gasteiger partial charge in [-0.15, -0.1) is 0 Å². The molecule has 0 atom stereocenters. The van der Waals surface area contributed by atoms with Crippen LogP contribution in [0.3, 0.4) is 0 Å². The van der Waals surface area contributed by atoms with Crippen LogP contribution in [-0.2, 0) is 0 Å². The molecule has 0 saturated heterocycles. The Hall–Kier alpha value is -0.775. The third kappa shape index (κ3) is 10.3. The molecule has 0 aromatic carbocycles. The maximum Gasteiger partial charge on any atom is 0.631 e. The smallest absolute Gasteiger partial charge is 0.402 e. The van der Waals surface area contributed by atoms with Crippen molar-refractivity contribution in [3.05, 3.63) is 24.4 Å². The van der Waals surface area contributed by atoms with E-state index in [9.17, 15) is 0 Å². The van der Waals surface area contributed by atoms with E-state index in [0.717, 1.165) is 6.54 Å². The van der Waals surface area contributed by atoms with Crippen LogP contribution in [0.5, 0.6) is 0 Å². The number of dihydropyridines is 1. The summed E-state index contributed by atoms with van der Waals surface area (Å²) in [5, 5.41) is 24.5. The maximum atomic E-state index is 7.17. The Labute approximate surface area is 59.7 Å². The lowest BCUT2D eigenvalue weighted by Gasteiger charge is -1.94. The fraction of sp³-hybridized carbons (Fsp3) is 0.200. The third-order valence-corrected chi connectivity index (χ3v) is 0.697. The quantitative estimate of drug-likeness (QED) is 0.315. The zero-order valence-electron chi connectivity index (χ0n) is 5.44. The molecule has 0 aliphatic carbocycles. The minimum Gasteiger partial charge on any atom is -0.402 e. The lowest BCUT2D eigenvalue weighted by molar-refractivity contribution is 0.278. The summed E-state index contributed by atoms with van der Waals surface area (Å²) in [6.45, 7) is 0.983. The van der Waals surface area contributed by atoms with Gasteiger partial charge in [0.15, 0.2) is 0 Å². The van der Waals surface area contributed by atoms with Crippen molar-refractivity contribution in [2.75, 3.05) is 6.54 Å². The number of hydrogen-bond donors (Lipinski definition) is 4. The minimum atomic E-state index is -2.17. The van der Waals surface area contributed by atoms with Crippen molar-refractivity contribution < 1.29 is 15.1 Å². The molecule has 56 valence electrons. The van der Waals surface area contributed by atoms with E-state index in [4.69, 9.17) is 15.1 Å². The average molecular weight is 143 g/mol. The molecule has 4 N–H and O–H groups in total. The van der Waals surface area contributed by atoms with Gasteiger partial charge < -0.3 is 20.4 Å². The second kappa shape index (κ2) is 6.35. The Morgan fingerprint density at radius 1 is 1.20 bits per heavy atom. The van der Waals surface area contributed by atoms with Crippen LogP contribution < -0.4 is 5.32 Å². The van der Waals surface area contributed by atoms with E-state index >= 15 is 0 Å². The van der Waals surface area contributed by atoms with Crippen LogP contribution in [0, 0.1) is 0 Å². The predicted molar refractivity (Wildman–Crippen MR) is 38.7 cm³/mol. The van der Waals surface area contributed by atoms with Gasteiger partial charge in [-0.05, 0) is 12.3 Å². The van der Waals surface area contributed by atoms with Crippen molar-refractivity contribution in [1.29, 1.82) is 0 Å². The second-order valence-corrected chi connectivity index (χ2v) is 1.54. The van der Waals surface area contributed by atoms with Crippen molar-refractivity contribution in [2.24, 2.45) is 0 Å². The number of allylic oxidation sites excluding steroid dienone is 2. The summed E-state index contributed by atoms with van der Waals surface area (Å²) in [6, 6.07) is 0. The average Bonchev–Trinajstić information content (AvgIpc) is 1.90. The van der Waals surface area contributed by atoms with E-state index in [1.54, 1.807) is 0 Å². The van der Waals surface area contributed by atoms with Crippen molar-refractivity contribution in [3.63, 3.8) is 0 Å². The fourth-order valence-electron chi connectivity index (χ4n) is 0.406. The highest BCUT2D eigenvalue weighted by Crippen LogP contribution is 1.78. The van der Waals surface area contributed by atoms with Crippen molar-refractivity contribution in [2.45, 2.75) is 0 Å². The first kappa shape index (κ1) is 9.22. The number of rotatable bonds is 0. The topological polar surface area (TPSA) is 72.7 Å². The van der Waals surface area contributed by atoms with Crippen LogP contribution in [0.2, 0.25) is 0 Å². The summed E-state index contributed by atoms with van der Waals surface area (Å²) in [5.74, 6) is 0. The van der Waals surface area contributed by atoms with E-state index in [1.165, 1.54) is 0 Å². The van der Waals surface area contributed by atoms with Crippen LogP contribution in [0.4, 0.5) is 0 Å². The largest absolute Gasteiger partial charge is 0.631 e. The molecule has 5 heteroatoms. The first-order valence-electron chi connectivity index (χ1n) is 2.83. The molecule has 0 aromatic heterocycles. The van der Waals surface area contributed by atoms with Gasteiger partial charge in [0.1, 0.15) is 0 Å². The molecular formula is C5H10BNO3. The van der Waals surface area contributed by atoms with Crippen LogP contribution in [0.15, 0.2) is 24.4 Å². The molecule has 0 fully saturated rings. The molecule has 0 spiro atoms. The fourth-order valence-corrected chi connectivity index (χ4v) is 0.406. The molecule has 4 nitrogen and oxygen atoms in total. The zero-order chi connectivity index (χ0) is 7.82. The molecule has 0 aromatic rings. The normalized spacial score (nSPS) is 13.1. The predicted octanol–water partition coefficient (Wildman–Crippen LogP) is -1.39. The van der Waals surface area contributed by atoms with Crippen LogP contribution >= 0.6 is 0 Å². The second-order valence-electron chi connectivity index (χ2n) is 1.54. The summed E-state index contributed by atoms with van der Waals surface area (Å²) < 4.78 is 0.